The Labute approximate surface area is 123 Å². The molecule has 1 aliphatic carbocycles. The van der Waals surface area contributed by atoms with E-state index in [-0.39, 0.29) is 11.8 Å². The molecule has 0 aromatic carbocycles. The van der Waals surface area contributed by atoms with Crippen LogP contribution >= 0.6 is 11.3 Å². The highest BCUT2D eigenvalue weighted by Gasteiger charge is 2.41. The van der Waals surface area contributed by atoms with Crippen molar-refractivity contribution in [3.8, 4) is 0 Å². The second-order valence-electron chi connectivity index (χ2n) is 5.47. The largest absolute Gasteiger partial charge is 0.481 e. The van der Waals surface area contributed by atoms with Crippen LogP contribution in [0.5, 0.6) is 0 Å². The second-order valence-corrected chi connectivity index (χ2v) is 6.25. The third-order valence-electron chi connectivity index (χ3n) is 4.18. The van der Waals surface area contributed by atoms with Crippen LogP contribution < -0.4 is 5.32 Å². The Morgan fingerprint density at radius 3 is 2.75 bits per heavy atom. The molecule has 2 rings (SSSR count). The summed E-state index contributed by atoms with van der Waals surface area (Å²) in [5.74, 6) is -1.44. The van der Waals surface area contributed by atoms with Crippen LogP contribution in [0.3, 0.4) is 0 Å². The van der Waals surface area contributed by atoms with Crippen LogP contribution in [0.25, 0.3) is 0 Å². The fourth-order valence-corrected chi connectivity index (χ4v) is 3.64. The smallest absolute Gasteiger partial charge is 0.307 e. The first-order valence-corrected chi connectivity index (χ1v) is 8.07. The maximum absolute atomic E-state index is 12.2. The van der Waals surface area contributed by atoms with E-state index in [9.17, 15) is 14.7 Å². The lowest BCUT2D eigenvalue weighted by atomic mass is 9.95. The van der Waals surface area contributed by atoms with Crippen LogP contribution in [0.1, 0.15) is 31.7 Å². The van der Waals surface area contributed by atoms with Crippen molar-refractivity contribution in [2.75, 3.05) is 6.54 Å². The fourth-order valence-electron chi connectivity index (χ4n) is 2.94. The first-order valence-electron chi connectivity index (χ1n) is 7.13. The molecule has 110 valence electrons. The summed E-state index contributed by atoms with van der Waals surface area (Å²) in [4.78, 5) is 23.4. The Balaban J connectivity index is 1.85. The Kier molecular flexibility index (Phi) is 5.17. The minimum Gasteiger partial charge on any atom is -0.481 e. The van der Waals surface area contributed by atoms with Gasteiger partial charge in [0.15, 0.2) is 0 Å². The molecule has 4 nitrogen and oxygen atoms in total. The van der Waals surface area contributed by atoms with Gasteiger partial charge in [0.1, 0.15) is 0 Å². The molecule has 20 heavy (non-hydrogen) atoms. The number of carbonyl (C=O) groups is 2. The van der Waals surface area contributed by atoms with Crippen molar-refractivity contribution in [2.24, 2.45) is 17.8 Å². The van der Waals surface area contributed by atoms with Crippen molar-refractivity contribution in [2.45, 2.75) is 32.6 Å². The predicted octanol–water partition coefficient (Wildman–Crippen LogP) is 2.54. The average molecular weight is 295 g/mol. The topological polar surface area (TPSA) is 66.4 Å². The quantitative estimate of drug-likeness (QED) is 0.847. The summed E-state index contributed by atoms with van der Waals surface area (Å²) < 4.78 is 0. The molecule has 0 spiro atoms. The van der Waals surface area contributed by atoms with Gasteiger partial charge in [-0.1, -0.05) is 13.3 Å². The zero-order valence-corrected chi connectivity index (χ0v) is 12.5. The van der Waals surface area contributed by atoms with Crippen molar-refractivity contribution < 1.29 is 14.7 Å². The lowest BCUT2D eigenvalue weighted by molar-refractivity contribution is -0.146. The summed E-state index contributed by atoms with van der Waals surface area (Å²) in [7, 11) is 0. The molecule has 3 unspecified atom stereocenters. The van der Waals surface area contributed by atoms with E-state index < -0.39 is 11.9 Å². The first-order chi connectivity index (χ1) is 9.61. The molecule has 1 aromatic heterocycles. The average Bonchev–Trinajstić information content (AvgIpc) is 3.07. The third kappa shape index (κ3) is 3.60. The number of amides is 1. The van der Waals surface area contributed by atoms with E-state index in [0.29, 0.717) is 25.3 Å². The first kappa shape index (κ1) is 15.0. The lowest BCUT2D eigenvalue weighted by Crippen LogP contribution is -2.36. The Bertz CT molecular complexity index is 458. The summed E-state index contributed by atoms with van der Waals surface area (Å²) in [6.07, 6.45) is 3.09. The second kappa shape index (κ2) is 6.88. The molecule has 0 bridgehead atoms. The minimum atomic E-state index is -0.834. The van der Waals surface area contributed by atoms with E-state index in [1.165, 1.54) is 5.56 Å². The Hall–Kier alpha value is -1.36. The van der Waals surface area contributed by atoms with E-state index in [0.717, 1.165) is 12.8 Å². The Morgan fingerprint density at radius 2 is 2.15 bits per heavy atom. The van der Waals surface area contributed by atoms with Gasteiger partial charge in [-0.3, -0.25) is 9.59 Å². The molecule has 5 heteroatoms. The van der Waals surface area contributed by atoms with Gasteiger partial charge in [-0.15, -0.1) is 0 Å². The number of hydrogen-bond acceptors (Lipinski definition) is 3. The molecule has 1 aliphatic rings. The fraction of sp³-hybridized carbons (Fsp3) is 0.600. The Morgan fingerprint density at radius 1 is 1.40 bits per heavy atom. The van der Waals surface area contributed by atoms with E-state index in [2.05, 4.69) is 17.6 Å². The van der Waals surface area contributed by atoms with Gasteiger partial charge in [-0.2, -0.15) is 11.3 Å². The van der Waals surface area contributed by atoms with Crippen LogP contribution in [-0.4, -0.2) is 23.5 Å². The zero-order valence-electron chi connectivity index (χ0n) is 11.7. The standard InChI is InChI=1S/C15H21NO3S/c1-2-10-7-12(13(8-10)15(18)19)14(17)16-5-3-11-4-6-20-9-11/h4,6,9-10,12-13H,2-3,5,7-8H2,1H3,(H,16,17)(H,18,19). The number of rotatable bonds is 6. The maximum Gasteiger partial charge on any atom is 0.307 e. The molecule has 0 aliphatic heterocycles. The predicted molar refractivity (Wildman–Crippen MR) is 78.7 cm³/mol. The number of hydrogen-bond donors (Lipinski definition) is 2. The number of carboxylic acid groups (broad SMARTS) is 1. The summed E-state index contributed by atoms with van der Waals surface area (Å²) in [5.41, 5.74) is 1.21. The molecule has 0 saturated heterocycles. The number of carboxylic acids is 1. The zero-order chi connectivity index (χ0) is 14.5. The molecule has 2 N–H and O–H groups in total. The minimum absolute atomic E-state index is 0.0939. The molecular weight excluding hydrogens is 274 g/mol. The maximum atomic E-state index is 12.2. The number of carbonyl (C=O) groups excluding carboxylic acids is 1. The molecule has 3 atom stereocenters. The summed E-state index contributed by atoms with van der Waals surface area (Å²) >= 11 is 1.64. The van der Waals surface area contributed by atoms with E-state index in [1.807, 2.05) is 11.4 Å². The van der Waals surface area contributed by atoms with Crippen molar-refractivity contribution in [3.05, 3.63) is 22.4 Å². The van der Waals surface area contributed by atoms with Crippen molar-refractivity contribution >= 4 is 23.2 Å². The lowest BCUT2D eigenvalue weighted by Gasteiger charge is -2.15. The van der Waals surface area contributed by atoms with Crippen molar-refractivity contribution in [1.82, 2.24) is 5.32 Å². The van der Waals surface area contributed by atoms with Gasteiger partial charge in [0.25, 0.3) is 0 Å². The highest BCUT2D eigenvalue weighted by Crippen LogP contribution is 2.38. The van der Waals surface area contributed by atoms with Gasteiger partial charge in [0.05, 0.1) is 11.8 Å². The normalized spacial score (nSPS) is 25.6. The number of nitrogens with one attached hydrogen (secondary N) is 1. The van der Waals surface area contributed by atoms with E-state index in [4.69, 9.17) is 0 Å². The molecular formula is C15H21NO3S. The van der Waals surface area contributed by atoms with Crippen LogP contribution in [0.15, 0.2) is 16.8 Å². The summed E-state index contributed by atoms with van der Waals surface area (Å²) in [6.45, 7) is 2.63. The number of thiophene rings is 1. The molecule has 1 heterocycles. The van der Waals surface area contributed by atoms with Crippen molar-refractivity contribution in [3.63, 3.8) is 0 Å². The SMILES string of the molecule is CCC1CC(C(=O)O)C(C(=O)NCCc2ccsc2)C1. The third-order valence-corrected chi connectivity index (χ3v) is 4.92. The highest BCUT2D eigenvalue weighted by molar-refractivity contribution is 7.07. The number of aliphatic carboxylic acids is 1. The van der Waals surface area contributed by atoms with Gasteiger partial charge in [0.2, 0.25) is 5.91 Å². The van der Waals surface area contributed by atoms with E-state index >= 15 is 0 Å². The monoisotopic (exact) mass is 295 g/mol. The van der Waals surface area contributed by atoms with Crippen LogP contribution in [0, 0.1) is 17.8 Å². The van der Waals surface area contributed by atoms with Gasteiger partial charge in [-0.05, 0) is 47.6 Å². The van der Waals surface area contributed by atoms with E-state index in [1.54, 1.807) is 11.3 Å². The molecule has 1 fully saturated rings. The van der Waals surface area contributed by atoms with Gasteiger partial charge >= 0.3 is 5.97 Å². The molecule has 1 aromatic rings. The van der Waals surface area contributed by atoms with Crippen molar-refractivity contribution in [1.29, 1.82) is 0 Å². The molecule has 0 radical (unpaired) electrons. The highest BCUT2D eigenvalue weighted by atomic mass is 32.1. The van der Waals surface area contributed by atoms with Gasteiger partial charge < -0.3 is 10.4 Å². The van der Waals surface area contributed by atoms with Crippen LogP contribution in [0.4, 0.5) is 0 Å². The van der Waals surface area contributed by atoms with Gasteiger partial charge in [-0.25, -0.2) is 0 Å². The van der Waals surface area contributed by atoms with Gasteiger partial charge in [0, 0.05) is 6.54 Å². The summed E-state index contributed by atoms with van der Waals surface area (Å²) in [5, 5.41) is 16.2. The summed E-state index contributed by atoms with van der Waals surface area (Å²) in [6, 6.07) is 2.04. The molecule has 1 amide bonds. The molecule has 1 saturated carbocycles. The van der Waals surface area contributed by atoms with Crippen LogP contribution in [-0.2, 0) is 16.0 Å². The van der Waals surface area contributed by atoms with Crippen LogP contribution in [0.2, 0.25) is 0 Å².